The summed E-state index contributed by atoms with van der Waals surface area (Å²) in [4.78, 5) is 4.74. The molecule has 2 fully saturated rings. The minimum absolute atomic E-state index is 0.328. The molecule has 0 aromatic carbocycles. The van der Waals surface area contributed by atoms with E-state index in [0.29, 0.717) is 5.92 Å². The number of hydrogen-bond acceptors (Lipinski definition) is 4. The van der Waals surface area contributed by atoms with E-state index >= 15 is 0 Å². The van der Waals surface area contributed by atoms with Crippen LogP contribution in [0.15, 0.2) is 18.2 Å². The van der Waals surface area contributed by atoms with Gasteiger partial charge in [-0.25, -0.2) is 0 Å². The Kier molecular flexibility index (Phi) is 3.39. The quantitative estimate of drug-likeness (QED) is 0.773. The topological polar surface area (TPSA) is 40.6 Å². The average molecular weight is 275 g/mol. The van der Waals surface area contributed by atoms with Crippen molar-refractivity contribution in [3.8, 4) is 0 Å². The Morgan fingerprint density at radius 3 is 2.45 bits per heavy atom. The van der Waals surface area contributed by atoms with Gasteiger partial charge in [0.05, 0.1) is 23.4 Å². The van der Waals surface area contributed by atoms with Crippen LogP contribution in [0.1, 0.15) is 45.7 Å². The molecule has 20 heavy (non-hydrogen) atoms. The van der Waals surface area contributed by atoms with Crippen LogP contribution >= 0.6 is 0 Å². The summed E-state index contributed by atoms with van der Waals surface area (Å²) in [7, 11) is -0.387. The van der Waals surface area contributed by atoms with Crippen molar-refractivity contribution in [2.75, 3.05) is 13.2 Å². The van der Waals surface area contributed by atoms with Gasteiger partial charge in [0.25, 0.3) is 0 Å². The fourth-order valence-corrected chi connectivity index (χ4v) is 2.56. The monoisotopic (exact) mass is 275 g/mol. The van der Waals surface area contributed by atoms with Crippen molar-refractivity contribution in [3.05, 3.63) is 23.9 Å². The first-order valence-corrected chi connectivity index (χ1v) is 7.29. The third-order valence-corrected chi connectivity index (χ3v) is 4.63. The molecule has 0 amide bonds. The first-order valence-electron chi connectivity index (χ1n) is 7.29. The lowest BCUT2D eigenvalue weighted by atomic mass is 9.83. The molecule has 0 saturated carbocycles. The van der Waals surface area contributed by atoms with E-state index in [2.05, 4.69) is 33.8 Å². The number of rotatable bonds is 2. The van der Waals surface area contributed by atoms with Crippen LogP contribution in [0.4, 0.5) is 0 Å². The zero-order valence-corrected chi connectivity index (χ0v) is 12.7. The molecular weight excluding hydrogens is 253 g/mol. The van der Waals surface area contributed by atoms with Gasteiger partial charge in [0.2, 0.25) is 0 Å². The van der Waals surface area contributed by atoms with Crippen molar-refractivity contribution in [2.45, 2.75) is 51.2 Å². The SMILES string of the molecule is CC1(C)OB(c2cccc(C3CCOC3)n2)OC1(C)C. The molecule has 1 aromatic heterocycles. The summed E-state index contributed by atoms with van der Waals surface area (Å²) in [6.07, 6.45) is 1.04. The number of aromatic nitrogens is 1. The van der Waals surface area contributed by atoms with Gasteiger partial charge in [-0.1, -0.05) is 6.07 Å². The molecule has 5 heteroatoms. The highest BCUT2D eigenvalue weighted by Crippen LogP contribution is 2.36. The summed E-state index contributed by atoms with van der Waals surface area (Å²) < 4.78 is 17.5. The van der Waals surface area contributed by atoms with E-state index in [1.54, 1.807) is 0 Å². The molecule has 4 nitrogen and oxygen atoms in total. The average Bonchev–Trinajstić information content (AvgIpc) is 2.97. The van der Waals surface area contributed by atoms with Gasteiger partial charge in [-0.3, -0.25) is 4.98 Å². The molecule has 0 spiro atoms. The Balaban J connectivity index is 1.83. The first-order chi connectivity index (χ1) is 9.39. The van der Waals surface area contributed by atoms with Gasteiger partial charge in [0.15, 0.2) is 0 Å². The highest BCUT2D eigenvalue weighted by atomic mass is 16.7. The van der Waals surface area contributed by atoms with Crippen molar-refractivity contribution < 1.29 is 14.0 Å². The van der Waals surface area contributed by atoms with Crippen LogP contribution in [0.25, 0.3) is 0 Å². The lowest BCUT2D eigenvalue weighted by Crippen LogP contribution is -2.41. The molecule has 3 rings (SSSR count). The van der Waals surface area contributed by atoms with Gasteiger partial charge in [-0.15, -0.1) is 0 Å². The lowest BCUT2D eigenvalue weighted by Gasteiger charge is -2.32. The molecule has 108 valence electrons. The molecule has 0 bridgehead atoms. The predicted octanol–water partition coefficient (Wildman–Crippen LogP) is 1.88. The van der Waals surface area contributed by atoms with Crippen LogP contribution in [-0.2, 0) is 14.0 Å². The van der Waals surface area contributed by atoms with Crippen molar-refractivity contribution >= 4 is 12.7 Å². The Bertz CT molecular complexity index is 482. The van der Waals surface area contributed by atoms with Crippen LogP contribution in [0.3, 0.4) is 0 Å². The molecule has 2 aliphatic rings. The van der Waals surface area contributed by atoms with Crippen LogP contribution in [-0.4, -0.2) is 36.5 Å². The lowest BCUT2D eigenvalue weighted by molar-refractivity contribution is 0.00578. The second-order valence-electron chi connectivity index (χ2n) is 6.64. The summed E-state index contributed by atoms with van der Waals surface area (Å²) in [5.41, 5.74) is 1.28. The van der Waals surface area contributed by atoms with E-state index in [1.165, 1.54) is 0 Å². The van der Waals surface area contributed by atoms with Crippen molar-refractivity contribution in [2.24, 2.45) is 0 Å². The third kappa shape index (κ3) is 2.38. The van der Waals surface area contributed by atoms with Gasteiger partial charge < -0.3 is 14.0 Å². The van der Waals surface area contributed by atoms with E-state index in [4.69, 9.17) is 19.0 Å². The smallest absolute Gasteiger partial charge is 0.398 e. The first kappa shape index (κ1) is 14.0. The number of pyridine rings is 1. The predicted molar refractivity (Wildman–Crippen MR) is 78.1 cm³/mol. The molecular formula is C15H22BNO3. The zero-order chi connectivity index (χ0) is 14.4. The summed E-state index contributed by atoms with van der Waals surface area (Å²) in [6.45, 7) is 9.82. The van der Waals surface area contributed by atoms with Crippen LogP contribution in [0.2, 0.25) is 0 Å². The molecule has 1 aromatic rings. The van der Waals surface area contributed by atoms with E-state index in [-0.39, 0.29) is 18.3 Å². The molecule has 2 saturated heterocycles. The number of nitrogens with zero attached hydrogens (tertiary/aromatic N) is 1. The van der Waals surface area contributed by atoms with Gasteiger partial charge in [0, 0.05) is 18.2 Å². The van der Waals surface area contributed by atoms with Crippen molar-refractivity contribution in [1.82, 2.24) is 4.98 Å². The Morgan fingerprint density at radius 1 is 1.15 bits per heavy atom. The maximum absolute atomic E-state index is 6.05. The molecule has 0 N–H and O–H groups in total. The van der Waals surface area contributed by atoms with Crippen LogP contribution in [0, 0.1) is 0 Å². The maximum atomic E-state index is 6.05. The highest BCUT2D eigenvalue weighted by molar-refractivity contribution is 6.61. The molecule has 1 unspecified atom stereocenters. The van der Waals surface area contributed by atoms with E-state index in [9.17, 15) is 0 Å². The minimum Gasteiger partial charge on any atom is -0.398 e. The van der Waals surface area contributed by atoms with Crippen LogP contribution < -0.4 is 5.59 Å². The molecule has 0 aliphatic carbocycles. The van der Waals surface area contributed by atoms with E-state index < -0.39 is 0 Å². The second kappa shape index (κ2) is 4.83. The zero-order valence-electron chi connectivity index (χ0n) is 12.7. The highest BCUT2D eigenvalue weighted by Gasteiger charge is 2.52. The summed E-state index contributed by atoms with van der Waals surface area (Å²) in [5.74, 6) is 0.400. The maximum Gasteiger partial charge on any atom is 0.514 e. The van der Waals surface area contributed by atoms with Crippen LogP contribution in [0.5, 0.6) is 0 Å². The Morgan fingerprint density at radius 2 is 1.85 bits per heavy atom. The summed E-state index contributed by atoms with van der Waals surface area (Å²) in [6, 6.07) is 6.07. The Labute approximate surface area is 121 Å². The molecule has 0 radical (unpaired) electrons. The van der Waals surface area contributed by atoms with Gasteiger partial charge in [-0.2, -0.15) is 0 Å². The second-order valence-corrected chi connectivity index (χ2v) is 6.64. The fraction of sp³-hybridized carbons (Fsp3) is 0.667. The number of ether oxygens (including phenoxy) is 1. The minimum atomic E-state index is -0.387. The van der Waals surface area contributed by atoms with E-state index in [0.717, 1.165) is 30.9 Å². The van der Waals surface area contributed by atoms with Gasteiger partial charge >= 0.3 is 7.12 Å². The van der Waals surface area contributed by atoms with E-state index in [1.807, 2.05) is 12.1 Å². The largest absolute Gasteiger partial charge is 0.514 e. The van der Waals surface area contributed by atoms with Gasteiger partial charge in [0.1, 0.15) is 0 Å². The Hall–Kier alpha value is -0.905. The fourth-order valence-electron chi connectivity index (χ4n) is 2.56. The summed E-state index contributed by atoms with van der Waals surface area (Å²) >= 11 is 0. The molecule has 3 heterocycles. The number of hydrogen-bond donors (Lipinski definition) is 0. The van der Waals surface area contributed by atoms with Gasteiger partial charge in [-0.05, 0) is 46.2 Å². The third-order valence-electron chi connectivity index (χ3n) is 4.63. The van der Waals surface area contributed by atoms with Crippen molar-refractivity contribution in [1.29, 1.82) is 0 Å². The standard InChI is InChI=1S/C15H22BNO3/c1-14(2)15(3,4)20-16(19-14)13-7-5-6-12(17-13)11-8-9-18-10-11/h5-7,11H,8-10H2,1-4H3. The summed E-state index contributed by atoms with van der Waals surface area (Å²) in [5, 5.41) is 0. The molecule has 2 aliphatic heterocycles. The molecule has 1 atom stereocenters. The van der Waals surface area contributed by atoms with Crippen molar-refractivity contribution in [3.63, 3.8) is 0 Å². The normalized spacial score (nSPS) is 28.0.